The van der Waals surface area contributed by atoms with Crippen LogP contribution < -0.4 is 25.7 Å². The Labute approximate surface area is 246 Å². The lowest BCUT2D eigenvalue weighted by atomic mass is 9.98. The molecule has 0 fully saturated rings. The SMILES string of the molecule is CCCCCC(=O)Oc1ccc(OC(=O)/C=C/c2ccc(OCCCCCc3c(N)cc(N)cc3C(=O)O)cc2)cc1. The fourth-order valence-corrected chi connectivity index (χ4v) is 4.23. The van der Waals surface area contributed by atoms with Crippen molar-refractivity contribution in [3.63, 3.8) is 0 Å². The number of ether oxygens (including phenoxy) is 3. The van der Waals surface area contributed by atoms with Gasteiger partial charge in [-0.1, -0.05) is 31.9 Å². The van der Waals surface area contributed by atoms with Gasteiger partial charge in [-0.15, -0.1) is 0 Å². The van der Waals surface area contributed by atoms with E-state index in [0.717, 1.165) is 44.1 Å². The average molecular weight is 575 g/mol. The second-order valence-electron chi connectivity index (χ2n) is 9.83. The lowest BCUT2D eigenvalue weighted by Gasteiger charge is -2.11. The molecular formula is C33H38N2O7. The third kappa shape index (κ3) is 10.6. The van der Waals surface area contributed by atoms with Crippen molar-refractivity contribution in [2.24, 2.45) is 0 Å². The number of carbonyl (C=O) groups is 3. The van der Waals surface area contributed by atoms with Crippen LogP contribution in [-0.2, 0) is 16.0 Å². The molecule has 0 aliphatic carbocycles. The van der Waals surface area contributed by atoms with Gasteiger partial charge in [0.25, 0.3) is 0 Å². The van der Waals surface area contributed by atoms with Crippen LogP contribution in [0.2, 0.25) is 0 Å². The molecule has 3 aromatic rings. The Hall–Kier alpha value is -4.79. The van der Waals surface area contributed by atoms with Crippen LogP contribution >= 0.6 is 0 Å². The fraction of sp³-hybridized carbons (Fsp3) is 0.303. The van der Waals surface area contributed by atoms with E-state index in [2.05, 4.69) is 6.92 Å². The van der Waals surface area contributed by atoms with Gasteiger partial charge in [0.05, 0.1) is 12.2 Å². The molecule has 0 aliphatic heterocycles. The first kappa shape index (κ1) is 31.7. The van der Waals surface area contributed by atoms with Gasteiger partial charge in [0.15, 0.2) is 0 Å². The van der Waals surface area contributed by atoms with Crippen LogP contribution in [0, 0.1) is 0 Å². The van der Waals surface area contributed by atoms with Crippen molar-refractivity contribution in [2.75, 3.05) is 18.1 Å². The van der Waals surface area contributed by atoms with E-state index in [-0.39, 0.29) is 11.5 Å². The molecule has 0 aromatic heterocycles. The minimum Gasteiger partial charge on any atom is -0.494 e. The first-order chi connectivity index (χ1) is 20.2. The number of carboxylic acid groups (broad SMARTS) is 1. The zero-order valence-corrected chi connectivity index (χ0v) is 23.8. The first-order valence-corrected chi connectivity index (χ1v) is 14.1. The van der Waals surface area contributed by atoms with Crippen molar-refractivity contribution in [3.8, 4) is 17.2 Å². The number of unbranched alkanes of at least 4 members (excludes halogenated alkanes) is 4. The summed E-state index contributed by atoms with van der Waals surface area (Å²) in [7, 11) is 0. The van der Waals surface area contributed by atoms with Crippen LogP contribution in [0.3, 0.4) is 0 Å². The van der Waals surface area contributed by atoms with Crippen molar-refractivity contribution in [2.45, 2.75) is 58.3 Å². The van der Waals surface area contributed by atoms with E-state index in [1.165, 1.54) is 12.1 Å². The van der Waals surface area contributed by atoms with E-state index in [1.807, 2.05) is 24.3 Å². The minimum atomic E-state index is -1.04. The van der Waals surface area contributed by atoms with E-state index < -0.39 is 11.9 Å². The highest BCUT2D eigenvalue weighted by Crippen LogP contribution is 2.24. The van der Waals surface area contributed by atoms with Crippen LogP contribution in [0.15, 0.2) is 66.7 Å². The van der Waals surface area contributed by atoms with E-state index in [4.69, 9.17) is 25.7 Å². The quantitative estimate of drug-likeness (QED) is 0.0576. The maximum absolute atomic E-state index is 12.2. The van der Waals surface area contributed by atoms with Crippen molar-refractivity contribution in [1.82, 2.24) is 0 Å². The summed E-state index contributed by atoms with van der Waals surface area (Å²) in [4.78, 5) is 35.5. The van der Waals surface area contributed by atoms with Gasteiger partial charge < -0.3 is 30.8 Å². The predicted octanol–water partition coefficient (Wildman–Crippen LogP) is 6.45. The molecule has 0 bridgehead atoms. The Bertz CT molecular complexity index is 1370. The molecule has 222 valence electrons. The number of nitrogens with two attached hydrogens (primary N) is 2. The molecule has 0 atom stereocenters. The zero-order chi connectivity index (χ0) is 30.3. The fourth-order valence-electron chi connectivity index (χ4n) is 4.23. The van der Waals surface area contributed by atoms with Gasteiger partial charge in [-0.3, -0.25) is 4.79 Å². The molecule has 0 unspecified atom stereocenters. The Morgan fingerprint density at radius 1 is 0.810 bits per heavy atom. The van der Waals surface area contributed by atoms with Crippen LogP contribution in [-0.4, -0.2) is 29.6 Å². The molecule has 5 N–H and O–H groups in total. The average Bonchev–Trinajstić information content (AvgIpc) is 2.96. The molecule has 42 heavy (non-hydrogen) atoms. The lowest BCUT2D eigenvalue weighted by Crippen LogP contribution is -2.08. The monoisotopic (exact) mass is 574 g/mol. The van der Waals surface area contributed by atoms with Crippen molar-refractivity contribution >= 4 is 35.4 Å². The zero-order valence-electron chi connectivity index (χ0n) is 23.8. The number of hydrogen-bond acceptors (Lipinski definition) is 8. The van der Waals surface area contributed by atoms with Gasteiger partial charge in [0, 0.05) is 23.9 Å². The van der Waals surface area contributed by atoms with Crippen LogP contribution in [0.4, 0.5) is 11.4 Å². The molecule has 0 saturated heterocycles. The Balaban J connectivity index is 1.36. The third-order valence-electron chi connectivity index (χ3n) is 6.43. The summed E-state index contributed by atoms with van der Waals surface area (Å²) in [5, 5.41) is 9.41. The summed E-state index contributed by atoms with van der Waals surface area (Å²) in [6.45, 7) is 2.59. The van der Waals surface area contributed by atoms with E-state index in [9.17, 15) is 19.5 Å². The van der Waals surface area contributed by atoms with E-state index in [1.54, 1.807) is 36.4 Å². The molecule has 9 nitrogen and oxygen atoms in total. The number of anilines is 2. The van der Waals surface area contributed by atoms with Gasteiger partial charge in [-0.05, 0) is 97.8 Å². The highest BCUT2D eigenvalue weighted by Gasteiger charge is 2.14. The standard InChI is InChI=1S/C33H38N2O7/c1-2-3-5-9-31(36)41-26-15-17-27(18-16-26)42-32(37)19-12-23-10-13-25(14-11-23)40-20-7-4-6-8-28-29(33(38)39)21-24(34)22-30(28)35/h10-19,21-22H,2-9,20,34-35H2,1H3,(H,38,39)/b19-12+. The van der Waals surface area contributed by atoms with Gasteiger partial charge in [-0.25, -0.2) is 9.59 Å². The molecule has 0 aliphatic rings. The van der Waals surface area contributed by atoms with Crippen LogP contribution in [0.25, 0.3) is 6.08 Å². The number of benzene rings is 3. The molecule has 0 radical (unpaired) electrons. The largest absolute Gasteiger partial charge is 0.494 e. The summed E-state index contributed by atoms with van der Waals surface area (Å²) in [6.07, 6.45) is 9.15. The topological polar surface area (TPSA) is 151 Å². The molecule has 3 rings (SSSR count). The molecule has 3 aromatic carbocycles. The van der Waals surface area contributed by atoms with Crippen LogP contribution in [0.1, 0.15) is 73.4 Å². The van der Waals surface area contributed by atoms with Gasteiger partial charge in [0.1, 0.15) is 17.2 Å². The Morgan fingerprint density at radius 3 is 2.14 bits per heavy atom. The molecule has 0 amide bonds. The molecule has 0 saturated carbocycles. The number of carbonyl (C=O) groups excluding carboxylic acids is 2. The summed E-state index contributed by atoms with van der Waals surface area (Å²) < 4.78 is 16.4. The maximum atomic E-state index is 12.2. The van der Waals surface area contributed by atoms with Gasteiger partial charge >= 0.3 is 17.9 Å². The summed E-state index contributed by atoms with van der Waals surface area (Å²) in [5.41, 5.74) is 14.0. The van der Waals surface area contributed by atoms with Crippen LogP contribution in [0.5, 0.6) is 17.2 Å². The number of carboxylic acids is 1. The summed E-state index contributed by atoms with van der Waals surface area (Å²) in [5.74, 6) is -0.384. The molecule has 0 heterocycles. The number of nitrogen functional groups attached to an aromatic ring is 2. The Morgan fingerprint density at radius 2 is 1.48 bits per heavy atom. The summed E-state index contributed by atoms with van der Waals surface area (Å²) >= 11 is 0. The molecular weight excluding hydrogens is 536 g/mol. The second-order valence-corrected chi connectivity index (χ2v) is 9.83. The normalized spacial score (nSPS) is 10.9. The number of esters is 2. The molecule has 9 heteroatoms. The highest BCUT2D eigenvalue weighted by atomic mass is 16.5. The number of aromatic carboxylic acids is 1. The number of hydrogen-bond donors (Lipinski definition) is 3. The summed E-state index contributed by atoms with van der Waals surface area (Å²) in [6, 6.07) is 16.7. The smallest absolute Gasteiger partial charge is 0.336 e. The maximum Gasteiger partial charge on any atom is 0.336 e. The van der Waals surface area contributed by atoms with Gasteiger partial charge in [0.2, 0.25) is 0 Å². The van der Waals surface area contributed by atoms with Crippen molar-refractivity contribution < 1.29 is 33.7 Å². The highest BCUT2D eigenvalue weighted by molar-refractivity contribution is 5.92. The van der Waals surface area contributed by atoms with Gasteiger partial charge in [-0.2, -0.15) is 0 Å². The van der Waals surface area contributed by atoms with Crippen molar-refractivity contribution in [3.05, 3.63) is 83.4 Å². The minimum absolute atomic E-state index is 0.150. The first-order valence-electron chi connectivity index (χ1n) is 14.1. The van der Waals surface area contributed by atoms with E-state index >= 15 is 0 Å². The Kier molecular flexibility index (Phi) is 12.4. The third-order valence-corrected chi connectivity index (χ3v) is 6.43. The van der Waals surface area contributed by atoms with E-state index in [0.29, 0.717) is 53.6 Å². The van der Waals surface area contributed by atoms with Crippen molar-refractivity contribution in [1.29, 1.82) is 0 Å². The second kappa shape index (κ2) is 16.5. The molecule has 0 spiro atoms. The lowest BCUT2D eigenvalue weighted by molar-refractivity contribution is -0.134. The number of rotatable bonds is 16. The predicted molar refractivity (Wildman–Crippen MR) is 163 cm³/mol.